The Labute approximate surface area is 130 Å². The molecule has 2 nitrogen and oxygen atoms in total. The number of rotatable bonds is 2. The predicted octanol–water partition coefficient (Wildman–Crippen LogP) is 4.98. The molecule has 2 fully saturated rings. The molecule has 1 unspecified atom stereocenters. The summed E-state index contributed by atoms with van der Waals surface area (Å²) in [6, 6.07) is 3.88. The Hall–Kier alpha value is -0.750. The van der Waals surface area contributed by atoms with E-state index in [-0.39, 0.29) is 11.6 Å². The Morgan fingerprint density at radius 3 is 2.67 bits per heavy atom. The predicted molar refractivity (Wildman–Crippen MR) is 78.3 cm³/mol. The molecule has 1 aromatic rings. The molecule has 1 heterocycles. The molecule has 0 amide bonds. The summed E-state index contributed by atoms with van der Waals surface area (Å²) in [5.41, 5.74) is -0.144. The van der Waals surface area contributed by atoms with Gasteiger partial charge < -0.3 is 10.1 Å². The van der Waals surface area contributed by atoms with Gasteiger partial charge >= 0.3 is 6.18 Å². The van der Waals surface area contributed by atoms with E-state index in [2.05, 4.69) is 21.2 Å². The van der Waals surface area contributed by atoms with Crippen molar-refractivity contribution in [1.82, 2.24) is 0 Å². The van der Waals surface area contributed by atoms with Crippen molar-refractivity contribution in [2.75, 3.05) is 11.9 Å². The molecular weight excluding hydrogens is 347 g/mol. The van der Waals surface area contributed by atoms with E-state index in [1.807, 2.05) is 0 Å². The summed E-state index contributed by atoms with van der Waals surface area (Å²) in [6.45, 7) is 0.675. The Kier molecular flexibility index (Phi) is 3.94. The molecule has 1 aliphatic carbocycles. The minimum atomic E-state index is -4.32. The van der Waals surface area contributed by atoms with E-state index in [0.29, 0.717) is 16.8 Å². The van der Waals surface area contributed by atoms with E-state index >= 15 is 0 Å². The lowest BCUT2D eigenvalue weighted by Crippen LogP contribution is -2.49. The Balaban J connectivity index is 1.75. The maximum absolute atomic E-state index is 12.8. The van der Waals surface area contributed by atoms with Gasteiger partial charge in [-0.05, 0) is 66.2 Å². The Morgan fingerprint density at radius 2 is 2.05 bits per heavy atom. The summed E-state index contributed by atoms with van der Waals surface area (Å²) in [5.74, 6) is 0. The third-order valence-corrected chi connectivity index (χ3v) is 5.10. The molecule has 1 atom stereocenters. The second-order valence-corrected chi connectivity index (χ2v) is 6.77. The zero-order valence-electron chi connectivity index (χ0n) is 11.5. The number of hydrogen-bond donors (Lipinski definition) is 1. The van der Waals surface area contributed by atoms with Gasteiger partial charge in [0.1, 0.15) is 0 Å². The molecule has 1 aromatic carbocycles. The summed E-state index contributed by atoms with van der Waals surface area (Å²) >= 11 is 3.32. The van der Waals surface area contributed by atoms with Crippen molar-refractivity contribution in [3.8, 4) is 0 Å². The van der Waals surface area contributed by atoms with Crippen molar-refractivity contribution in [3.63, 3.8) is 0 Å². The van der Waals surface area contributed by atoms with Crippen LogP contribution < -0.4 is 5.32 Å². The number of benzene rings is 1. The van der Waals surface area contributed by atoms with Gasteiger partial charge in [-0.25, -0.2) is 0 Å². The number of halogens is 4. The van der Waals surface area contributed by atoms with Crippen LogP contribution in [-0.4, -0.2) is 18.2 Å². The maximum Gasteiger partial charge on any atom is 0.416 e. The summed E-state index contributed by atoms with van der Waals surface area (Å²) in [6.07, 6.45) is 0.686. The van der Waals surface area contributed by atoms with Crippen LogP contribution in [0.4, 0.5) is 18.9 Å². The lowest BCUT2D eigenvalue weighted by atomic mass is 9.74. The van der Waals surface area contributed by atoms with E-state index < -0.39 is 11.7 Å². The molecule has 0 aromatic heterocycles. The van der Waals surface area contributed by atoms with Crippen LogP contribution in [0, 0.1) is 0 Å². The van der Waals surface area contributed by atoms with E-state index in [1.54, 1.807) is 0 Å². The molecule has 1 saturated heterocycles. The SMILES string of the molecule is FC(F)(F)c1ccc(Br)c(NC2CCOC3(CCC3)C2)c1. The van der Waals surface area contributed by atoms with Gasteiger partial charge in [-0.15, -0.1) is 0 Å². The van der Waals surface area contributed by atoms with Gasteiger partial charge in [0, 0.05) is 22.8 Å². The van der Waals surface area contributed by atoms with Crippen LogP contribution in [0.25, 0.3) is 0 Å². The van der Waals surface area contributed by atoms with Crippen LogP contribution in [0.1, 0.15) is 37.7 Å². The van der Waals surface area contributed by atoms with Gasteiger partial charge in [0.05, 0.1) is 11.2 Å². The number of nitrogens with one attached hydrogen (secondary N) is 1. The van der Waals surface area contributed by atoms with Crippen LogP contribution in [0.5, 0.6) is 0 Å². The van der Waals surface area contributed by atoms with Crippen molar-refractivity contribution >= 4 is 21.6 Å². The molecule has 1 N–H and O–H groups in total. The first kappa shape index (κ1) is 15.2. The number of ether oxygens (including phenoxy) is 1. The molecule has 116 valence electrons. The number of alkyl halides is 3. The highest BCUT2D eigenvalue weighted by Gasteiger charge is 2.42. The molecule has 2 aliphatic rings. The summed E-state index contributed by atoms with van der Waals surface area (Å²) in [7, 11) is 0. The van der Waals surface area contributed by atoms with Gasteiger partial charge in [-0.3, -0.25) is 0 Å². The standard InChI is InChI=1S/C15H17BrF3NO/c16-12-3-2-10(15(17,18)19)8-13(12)20-11-4-7-21-14(9-11)5-1-6-14/h2-3,8,11,20H,1,4-7,9H2. The molecular formula is C15H17BrF3NO. The highest BCUT2D eigenvalue weighted by Crippen LogP contribution is 2.43. The van der Waals surface area contributed by atoms with Crippen LogP contribution >= 0.6 is 15.9 Å². The Bertz CT molecular complexity index is 528. The van der Waals surface area contributed by atoms with Crippen LogP contribution in [0.3, 0.4) is 0 Å². The molecule has 6 heteroatoms. The third-order valence-electron chi connectivity index (χ3n) is 4.41. The summed E-state index contributed by atoms with van der Waals surface area (Å²) in [4.78, 5) is 0. The smallest absolute Gasteiger partial charge is 0.381 e. The van der Waals surface area contributed by atoms with Crippen molar-refractivity contribution in [2.45, 2.75) is 49.9 Å². The normalized spacial score (nSPS) is 24.7. The van der Waals surface area contributed by atoms with Gasteiger partial charge in [0.25, 0.3) is 0 Å². The summed E-state index contributed by atoms with van der Waals surface area (Å²) < 4.78 is 44.9. The van der Waals surface area contributed by atoms with E-state index in [0.717, 1.165) is 31.7 Å². The molecule has 0 bridgehead atoms. The average molecular weight is 364 g/mol. The largest absolute Gasteiger partial charge is 0.416 e. The van der Waals surface area contributed by atoms with Crippen molar-refractivity contribution in [3.05, 3.63) is 28.2 Å². The fourth-order valence-electron chi connectivity index (χ4n) is 3.10. The fraction of sp³-hybridized carbons (Fsp3) is 0.600. The fourth-order valence-corrected chi connectivity index (χ4v) is 3.46. The topological polar surface area (TPSA) is 21.3 Å². The van der Waals surface area contributed by atoms with Crippen LogP contribution in [-0.2, 0) is 10.9 Å². The van der Waals surface area contributed by atoms with Gasteiger partial charge in [-0.2, -0.15) is 13.2 Å². The zero-order chi connectivity index (χ0) is 15.1. The highest BCUT2D eigenvalue weighted by molar-refractivity contribution is 9.10. The minimum absolute atomic E-state index is 0.0238. The van der Waals surface area contributed by atoms with Gasteiger partial charge in [0.2, 0.25) is 0 Å². The third kappa shape index (κ3) is 3.21. The molecule has 1 spiro atoms. The van der Waals surface area contributed by atoms with Crippen molar-refractivity contribution in [2.24, 2.45) is 0 Å². The first-order valence-corrected chi connectivity index (χ1v) is 7.95. The lowest BCUT2D eigenvalue weighted by Gasteiger charge is -2.47. The number of hydrogen-bond acceptors (Lipinski definition) is 2. The van der Waals surface area contributed by atoms with Crippen molar-refractivity contribution < 1.29 is 17.9 Å². The quantitative estimate of drug-likeness (QED) is 0.799. The first-order valence-electron chi connectivity index (χ1n) is 7.15. The second kappa shape index (κ2) is 5.47. The molecule has 21 heavy (non-hydrogen) atoms. The monoisotopic (exact) mass is 363 g/mol. The molecule has 1 saturated carbocycles. The van der Waals surface area contributed by atoms with Crippen LogP contribution in [0.15, 0.2) is 22.7 Å². The molecule has 1 aliphatic heterocycles. The maximum atomic E-state index is 12.8. The van der Waals surface area contributed by atoms with Gasteiger partial charge in [0.15, 0.2) is 0 Å². The van der Waals surface area contributed by atoms with Crippen molar-refractivity contribution in [1.29, 1.82) is 0 Å². The summed E-state index contributed by atoms with van der Waals surface area (Å²) in [5, 5.41) is 3.26. The van der Waals surface area contributed by atoms with Gasteiger partial charge in [-0.1, -0.05) is 0 Å². The highest BCUT2D eigenvalue weighted by atomic mass is 79.9. The Morgan fingerprint density at radius 1 is 1.29 bits per heavy atom. The van der Waals surface area contributed by atoms with E-state index in [4.69, 9.17) is 4.74 Å². The lowest BCUT2D eigenvalue weighted by molar-refractivity contribution is -0.137. The molecule has 3 rings (SSSR count). The zero-order valence-corrected chi connectivity index (χ0v) is 13.1. The van der Waals surface area contributed by atoms with Crippen LogP contribution in [0.2, 0.25) is 0 Å². The minimum Gasteiger partial charge on any atom is -0.381 e. The molecule has 0 radical (unpaired) electrons. The van der Waals surface area contributed by atoms with E-state index in [9.17, 15) is 13.2 Å². The first-order chi connectivity index (χ1) is 9.88. The second-order valence-electron chi connectivity index (χ2n) is 5.91. The average Bonchev–Trinajstić information content (AvgIpc) is 2.38. The van der Waals surface area contributed by atoms with E-state index in [1.165, 1.54) is 18.6 Å². The number of anilines is 1.